The van der Waals surface area contributed by atoms with E-state index in [-0.39, 0.29) is 11.8 Å². The standard InChI is InChI=1S/C14H17NO/c1-11-10-14(16)8-9-15(11)12(2)13-6-4-3-5-7-13/h3-9,11-12H,10H2,1-2H3/t11-,12-/m1/s1. The van der Waals surface area contributed by atoms with Gasteiger partial charge in [-0.3, -0.25) is 4.79 Å². The number of ketones is 1. The van der Waals surface area contributed by atoms with Gasteiger partial charge in [0.15, 0.2) is 5.78 Å². The van der Waals surface area contributed by atoms with Gasteiger partial charge in [0.25, 0.3) is 0 Å². The SMILES string of the molecule is C[C@@H]1CC(=O)C=CN1[C@H](C)c1ccccc1. The minimum absolute atomic E-state index is 0.226. The maximum Gasteiger partial charge on any atom is 0.159 e. The lowest BCUT2D eigenvalue weighted by Crippen LogP contribution is -2.35. The number of benzene rings is 1. The molecule has 0 spiro atoms. The van der Waals surface area contributed by atoms with E-state index < -0.39 is 0 Å². The van der Waals surface area contributed by atoms with Gasteiger partial charge in [0.2, 0.25) is 0 Å². The number of hydrogen-bond acceptors (Lipinski definition) is 2. The number of nitrogens with zero attached hydrogens (tertiary/aromatic N) is 1. The van der Waals surface area contributed by atoms with Crippen molar-refractivity contribution in [3.8, 4) is 0 Å². The average Bonchev–Trinajstić information content (AvgIpc) is 2.29. The first-order valence-electron chi connectivity index (χ1n) is 5.72. The molecular formula is C14H17NO. The van der Waals surface area contributed by atoms with Crippen molar-refractivity contribution < 1.29 is 4.79 Å². The fourth-order valence-corrected chi connectivity index (χ4v) is 2.20. The normalized spacial score (nSPS) is 22.2. The van der Waals surface area contributed by atoms with Crippen molar-refractivity contribution in [2.75, 3.05) is 0 Å². The lowest BCUT2D eigenvalue weighted by molar-refractivity contribution is -0.116. The molecule has 1 heterocycles. The van der Waals surface area contributed by atoms with Gasteiger partial charge >= 0.3 is 0 Å². The second-order valence-electron chi connectivity index (χ2n) is 4.37. The van der Waals surface area contributed by atoms with Crippen LogP contribution in [0.2, 0.25) is 0 Å². The van der Waals surface area contributed by atoms with Crippen LogP contribution in [0.1, 0.15) is 31.9 Å². The summed E-state index contributed by atoms with van der Waals surface area (Å²) in [6.07, 6.45) is 4.22. The van der Waals surface area contributed by atoms with Crippen LogP contribution in [-0.4, -0.2) is 16.7 Å². The molecule has 0 aliphatic carbocycles. The Morgan fingerprint density at radius 2 is 2.00 bits per heavy atom. The van der Waals surface area contributed by atoms with Gasteiger partial charge in [-0.1, -0.05) is 30.3 Å². The molecule has 1 aromatic rings. The largest absolute Gasteiger partial charge is 0.367 e. The van der Waals surface area contributed by atoms with Crippen LogP contribution in [0.3, 0.4) is 0 Å². The van der Waals surface area contributed by atoms with E-state index in [1.807, 2.05) is 12.3 Å². The summed E-state index contributed by atoms with van der Waals surface area (Å²) >= 11 is 0. The van der Waals surface area contributed by atoms with E-state index in [4.69, 9.17) is 0 Å². The monoisotopic (exact) mass is 215 g/mol. The summed E-state index contributed by atoms with van der Waals surface area (Å²) in [5, 5.41) is 0. The Morgan fingerprint density at radius 3 is 2.62 bits per heavy atom. The van der Waals surface area contributed by atoms with Gasteiger partial charge in [0.05, 0.1) is 6.04 Å². The summed E-state index contributed by atoms with van der Waals surface area (Å²) in [5.41, 5.74) is 1.29. The number of hydrogen-bond donors (Lipinski definition) is 0. The summed E-state index contributed by atoms with van der Waals surface area (Å²) < 4.78 is 0. The van der Waals surface area contributed by atoms with Gasteiger partial charge in [0.1, 0.15) is 0 Å². The third-order valence-corrected chi connectivity index (χ3v) is 3.17. The summed E-state index contributed by atoms with van der Waals surface area (Å²) in [4.78, 5) is 13.5. The van der Waals surface area contributed by atoms with Crippen molar-refractivity contribution in [2.24, 2.45) is 0 Å². The number of rotatable bonds is 2. The summed E-state index contributed by atoms with van der Waals surface area (Å²) in [6, 6.07) is 11.0. The molecule has 0 amide bonds. The van der Waals surface area contributed by atoms with Crippen LogP contribution in [0.15, 0.2) is 42.6 Å². The molecule has 0 saturated carbocycles. The molecule has 2 rings (SSSR count). The minimum Gasteiger partial charge on any atom is -0.367 e. The van der Waals surface area contributed by atoms with Crippen molar-refractivity contribution in [3.63, 3.8) is 0 Å². The van der Waals surface area contributed by atoms with E-state index in [0.29, 0.717) is 12.5 Å². The van der Waals surface area contributed by atoms with Crippen molar-refractivity contribution in [2.45, 2.75) is 32.4 Å². The van der Waals surface area contributed by atoms with E-state index >= 15 is 0 Å². The van der Waals surface area contributed by atoms with Crippen molar-refractivity contribution in [3.05, 3.63) is 48.2 Å². The smallest absolute Gasteiger partial charge is 0.159 e. The Bertz CT molecular complexity index is 396. The zero-order valence-corrected chi connectivity index (χ0v) is 9.76. The minimum atomic E-state index is 0.226. The van der Waals surface area contributed by atoms with Crippen LogP contribution in [-0.2, 0) is 4.79 Å². The molecule has 0 N–H and O–H groups in total. The maximum atomic E-state index is 11.3. The van der Waals surface area contributed by atoms with Gasteiger partial charge in [0, 0.05) is 18.7 Å². The fourth-order valence-electron chi connectivity index (χ4n) is 2.20. The molecule has 84 valence electrons. The highest BCUT2D eigenvalue weighted by atomic mass is 16.1. The second kappa shape index (κ2) is 4.52. The van der Waals surface area contributed by atoms with Crippen LogP contribution in [0, 0.1) is 0 Å². The number of carbonyl (C=O) groups excluding carboxylic acids is 1. The van der Waals surface area contributed by atoms with E-state index in [1.165, 1.54) is 5.56 Å². The zero-order valence-electron chi connectivity index (χ0n) is 9.76. The second-order valence-corrected chi connectivity index (χ2v) is 4.37. The Kier molecular flexibility index (Phi) is 3.09. The van der Waals surface area contributed by atoms with Gasteiger partial charge in [-0.2, -0.15) is 0 Å². The molecule has 2 atom stereocenters. The molecule has 0 fully saturated rings. The molecular weight excluding hydrogens is 198 g/mol. The topological polar surface area (TPSA) is 20.3 Å². The Hall–Kier alpha value is -1.57. The molecule has 16 heavy (non-hydrogen) atoms. The molecule has 0 aromatic heterocycles. The predicted molar refractivity (Wildman–Crippen MR) is 64.9 cm³/mol. The first kappa shape index (κ1) is 10.9. The lowest BCUT2D eigenvalue weighted by Gasteiger charge is -2.35. The van der Waals surface area contributed by atoms with Gasteiger partial charge in [-0.05, 0) is 25.5 Å². The van der Waals surface area contributed by atoms with Crippen LogP contribution >= 0.6 is 0 Å². The lowest BCUT2D eigenvalue weighted by atomic mass is 10.0. The Labute approximate surface area is 96.6 Å². The molecule has 1 aliphatic rings. The third-order valence-electron chi connectivity index (χ3n) is 3.17. The van der Waals surface area contributed by atoms with Crippen molar-refractivity contribution in [1.29, 1.82) is 0 Å². The summed E-state index contributed by atoms with van der Waals surface area (Å²) in [6.45, 7) is 4.27. The van der Waals surface area contributed by atoms with Gasteiger partial charge < -0.3 is 4.90 Å². The van der Waals surface area contributed by atoms with E-state index in [0.717, 1.165) is 0 Å². The molecule has 1 aromatic carbocycles. The van der Waals surface area contributed by atoms with E-state index in [2.05, 4.69) is 43.0 Å². The Morgan fingerprint density at radius 1 is 1.31 bits per heavy atom. The summed E-state index contributed by atoms with van der Waals surface area (Å²) in [5.74, 6) is 0.226. The fraction of sp³-hybridized carbons (Fsp3) is 0.357. The molecule has 1 aliphatic heterocycles. The van der Waals surface area contributed by atoms with Gasteiger partial charge in [-0.15, -0.1) is 0 Å². The highest BCUT2D eigenvalue weighted by molar-refractivity contribution is 5.90. The number of carbonyl (C=O) groups is 1. The van der Waals surface area contributed by atoms with E-state index in [9.17, 15) is 4.79 Å². The van der Waals surface area contributed by atoms with Gasteiger partial charge in [-0.25, -0.2) is 0 Å². The quantitative estimate of drug-likeness (QED) is 0.756. The molecule has 0 unspecified atom stereocenters. The number of allylic oxidation sites excluding steroid dienone is 1. The Balaban J connectivity index is 2.19. The molecule has 0 saturated heterocycles. The van der Waals surface area contributed by atoms with Crippen LogP contribution < -0.4 is 0 Å². The summed E-state index contributed by atoms with van der Waals surface area (Å²) in [7, 11) is 0. The van der Waals surface area contributed by atoms with Crippen molar-refractivity contribution >= 4 is 5.78 Å². The first-order valence-corrected chi connectivity index (χ1v) is 5.72. The highest BCUT2D eigenvalue weighted by Crippen LogP contribution is 2.26. The average molecular weight is 215 g/mol. The maximum absolute atomic E-state index is 11.3. The van der Waals surface area contributed by atoms with Crippen LogP contribution in [0.25, 0.3) is 0 Å². The van der Waals surface area contributed by atoms with Crippen molar-refractivity contribution in [1.82, 2.24) is 4.90 Å². The zero-order chi connectivity index (χ0) is 11.5. The highest BCUT2D eigenvalue weighted by Gasteiger charge is 2.22. The van der Waals surface area contributed by atoms with Crippen LogP contribution in [0.4, 0.5) is 0 Å². The molecule has 0 radical (unpaired) electrons. The predicted octanol–water partition coefficient (Wildman–Crippen LogP) is 2.92. The first-order chi connectivity index (χ1) is 7.68. The molecule has 0 bridgehead atoms. The van der Waals surface area contributed by atoms with E-state index in [1.54, 1.807) is 6.08 Å². The third kappa shape index (κ3) is 2.16. The molecule has 2 nitrogen and oxygen atoms in total. The molecule has 2 heteroatoms. The van der Waals surface area contributed by atoms with Crippen LogP contribution in [0.5, 0.6) is 0 Å².